The number of halogens is 1. The Morgan fingerprint density at radius 2 is 2.00 bits per heavy atom. The Hall–Kier alpha value is -1.03. The molecule has 2 N–H and O–H groups in total. The first-order valence-corrected chi connectivity index (χ1v) is 9.70. The van der Waals surface area contributed by atoms with Crippen LogP contribution in [0.15, 0.2) is 29.3 Å². The number of aliphatic imine (C=N–C) groups is 1. The standard InChI is InChI=1S/C16H25N3O3S.HI/c1-3-17-16(19-11-14-8-9-23(20,21)12-14)18-10-13-4-6-15(22-2)7-5-13;/h4-7,14H,3,8-12H2,1-2H3,(H2,17,18,19);1H. The number of nitrogens with zero attached hydrogens (tertiary/aromatic N) is 1. The van der Waals surface area contributed by atoms with E-state index in [0.29, 0.717) is 24.8 Å². The number of hydrogen-bond donors (Lipinski definition) is 2. The molecule has 8 heteroatoms. The molecule has 0 aliphatic carbocycles. The van der Waals surface area contributed by atoms with E-state index in [9.17, 15) is 8.42 Å². The molecule has 1 heterocycles. The molecule has 1 unspecified atom stereocenters. The molecule has 1 aliphatic rings. The highest BCUT2D eigenvalue weighted by molar-refractivity contribution is 14.0. The predicted octanol–water partition coefficient (Wildman–Crippen LogP) is 1.80. The number of guanidine groups is 1. The van der Waals surface area contributed by atoms with Crippen LogP contribution in [0.4, 0.5) is 0 Å². The van der Waals surface area contributed by atoms with Crippen molar-refractivity contribution in [3.05, 3.63) is 29.8 Å². The topological polar surface area (TPSA) is 79.8 Å². The van der Waals surface area contributed by atoms with E-state index in [1.54, 1.807) is 7.11 Å². The number of hydrogen-bond acceptors (Lipinski definition) is 4. The zero-order valence-electron chi connectivity index (χ0n) is 14.1. The van der Waals surface area contributed by atoms with E-state index >= 15 is 0 Å². The maximum absolute atomic E-state index is 11.5. The van der Waals surface area contributed by atoms with Crippen molar-refractivity contribution in [2.45, 2.75) is 19.9 Å². The minimum atomic E-state index is -2.83. The van der Waals surface area contributed by atoms with Crippen molar-refractivity contribution < 1.29 is 13.2 Å². The van der Waals surface area contributed by atoms with Gasteiger partial charge in [0.15, 0.2) is 15.8 Å². The van der Waals surface area contributed by atoms with Gasteiger partial charge in [0.25, 0.3) is 0 Å². The second-order valence-corrected chi connectivity index (χ2v) is 7.92. The molecule has 2 rings (SSSR count). The summed E-state index contributed by atoms with van der Waals surface area (Å²) in [5.74, 6) is 2.29. The Labute approximate surface area is 161 Å². The molecule has 1 fully saturated rings. The fraction of sp³-hybridized carbons (Fsp3) is 0.562. The molecule has 24 heavy (non-hydrogen) atoms. The van der Waals surface area contributed by atoms with E-state index in [2.05, 4.69) is 15.6 Å². The van der Waals surface area contributed by atoms with Gasteiger partial charge < -0.3 is 15.4 Å². The van der Waals surface area contributed by atoms with Crippen LogP contribution in [0.1, 0.15) is 18.9 Å². The number of rotatable bonds is 6. The Morgan fingerprint density at radius 1 is 1.29 bits per heavy atom. The smallest absolute Gasteiger partial charge is 0.191 e. The van der Waals surface area contributed by atoms with Crippen molar-refractivity contribution in [3.63, 3.8) is 0 Å². The molecule has 1 aromatic rings. The molecule has 0 amide bonds. The average molecular weight is 467 g/mol. The van der Waals surface area contributed by atoms with Gasteiger partial charge in [-0.15, -0.1) is 24.0 Å². The number of nitrogens with one attached hydrogen (secondary N) is 2. The van der Waals surface area contributed by atoms with Crippen LogP contribution in [0.25, 0.3) is 0 Å². The largest absolute Gasteiger partial charge is 0.497 e. The van der Waals surface area contributed by atoms with Gasteiger partial charge in [0.1, 0.15) is 5.75 Å². The Balaban J connectivity index is 0.00000288. The molecule has 1 aliphatic heterocycles. The van der Waals surface area contributed by atoms with Gasteiger partial charge in [-0.25, -0.2) is 13.4 Å². The van der Waals surface area contributed by atoms with Crippen LogP contribution in [0.5, 0.6) is 5.75 Å². The quantitative estimate of drug-likeness (QED) is 0.379. The third kappa shape index (κ3) is 6.84. The van der Waals surface area contributed by atoms with Crippen LogP contribution in [-0.4, -0.2) is 46.1 Å². The van der Waals surface area contributed by atoms with Crippen molar-refractivity contribution in [1.82, 2.24) is 10.6 Å². The lowest BCUT2D eigenvalue weighted by molar-refractivity contribution is 0.414. The van der Waals surface area contributed by atoms with Crippen LogP contribution >= 0.6 is 24.0 Å². The van der Waals surface area contributed by atoms with E-state index in [4.69, 9.17) is 4.74 Å². The molecular weight excluding hydrogens is 441 g/mol. The summed E-state index contributed by atoms with van der Waals surface area (Å²) >= 11 is 0. The van der Waals surface area contributed by atoms with Gasteiger partial charge in [0.05, 0.1) is 25.2 Å². The average Bonchev–Trinajstić information content (AvgIpc) is 2.90. The normalized spacial score (nSPS) is 19.4. The zero-order valence-corrected chi connectivity index (χ0v) is 17.3. The molecule has 136 valence electrons. The van der Waals surface area contributed by atoms with Gasteiger partial charge in [0, 0.05) is 13.1 Å². The summed E-state index contributed by atoms with van der Waals surface area (Å²) in [7, 11) is -1.19. The van der Waals surface area contributed by atoms with Gasteiger partial charge >= 0.3 is 0 Å². The van der Waals surface area contributed by atoms with Crippen LogP contribution in [0.2, 0.25) is 0 Å². The van der Waals surface area contributed by atoms with Gasteiger partial charge in [-0.05, 0) is 37.0 Å². The lowest BCUT2D eigenvalue weighted by Crippen LogP contribution is -2.40. The van der Waals surface area contributed by atoms with Gasteiger partial charge in [-0.2, -0.15) is 0 Å². The molecule has 0 radical (unpaired) electrons. The summed E-state index contributed by atoms with van der Waals surface area (Å²) in [5.41, 5.74) is 1.09. The summed E-state index contributed by atoms with van der Waals surface area (Å²) in [5, 5.41) is 6.43. The van der Waals surface area contributed by atoms with Crippen molar-refractivity contribution in [3.8, 4) is 5.75 Å². The van der Waals surface area contributed by atoms with Crippen LogP contribution in [-0.2, 0) is 16.4 Å². The third-order valence-corrected chi connectivity index (χ3v) is 5.64. The first kappa shape index (κ1) is 21.0. The molecule has 1 saturated heterocycles. The van der Waals surface area contributed by atoms with Gasteiger partial charge in [-0.3, -0.25) is 0 Å². The number of ether oxygens (including phenoxy) is 1. The van der Waals surface area contributed by atoms with Crippen LogP contribution in [0, 0.1) is 5.92 Å². The lowest BCUT2D eigenvalue weighted by atomic mass is 10.1. The highest BCUT2D eigenvalue weighted by Crippen LogP contribution is 2.17. The summed E-state index contributed by atoms with van der Waals surface area (Å²) in [6, 6.07) is 7.79. The van der Waals surface area contributed by atoms with E-state index in [-0.39, 0.29) is 35.6 Å². The highest BCUT2D eigenvalue weighted by atomic mass is 127. The Bertz CT molecular complexity index is 632. The second kappa shape index (κ2) is 10.1. The summed E-state index contributed by atoms with van der Waals surface area (Å²) in [6.45, 7) is 3.96. The summed E-state index contributed by atoms with van der Waals surface area (Å²) in [6.07, 6.45) is 0.729. The van der Waals surface area contributed by atoms with Crippen LogP contribution < -0.4 is 15.4 Å². The number of benzene rings is 1. The van der Waals surface area contributed by atoms with Gasteiger partial charge in [0.2, 0.25) is 0 Å². The molecule has 0 spiro atoms. The molecule has 0 aromatic heterocycles. The van der Waals surface area contributed by atoms with Crippen molar-refractivity contribution >= 4 is 39.8 Å². The third-order valence-electron chi connectivity index (χ3n) is 3.81. The molecule has 6 nitrogen and oxygen atoms in total. The fourth-order valence-corrected chi connectivity index (χ4v) is 4.38. The van der Waals surface area contributed by atoms with E-state index < -0.39 is 9.84 Å². The fourth-order valence-electron chi connectivity index (χ4n) is 2.52. The van der Waals surface area contributed by atoms with Crippen LogP contribution in [0.3, 0.4) is 0 Å². The van der Waals surface area contributed by atoms with Gasteiger partial charge in [-0.1, -0.05) is 12.1 Å². The minimum absolute atomic E-state index is 0. The SMILES string of the molecule is CCNC(=NCc1ccc(OC)cc1)NCC1CCS(=O)(=O)C1.I. The van der Waals surface area contributed by atoms with E-state index in [0.717, 1.165) is 24.3 Å². The molecular formula is C16H26IN3O3S. The summed E-state index contributed by atoms with van der Waals surface area (Å²) < 4.78 is 28.1. The molecule has 0 bridgehead atoms. The van der Waals surface area contributed by atoms with Crippen molar-refractivity contribution in [2.24, 2.45) is 10.9 Å². The molecule has 0 saturated carbocycles. The molecule has 1 aromatic carbocycles. The van der Waals surface area contributed by atoms with E-state index in [1.807, 2.05) is 31.2 Å². The zero-order chi connectivity index (χ0) is 16.7. The van der Waals surface area contributed by atoms with Crippen molar-refractivity contribution in [2.75, 3.05) is 31.7 Å². The maximum Gasteiger partial charge on any atom is 0.191 e. The minimum Gasteiger partial charge on any atom is -0.497 e. The first-order valence-electron chi connectivity index (χ1n) is 7.88. The number of sulfone groups is 1. The Morgan fingerprint density at radius 3 is 2.54 bits per heavy atom. The first-order chi connectivity index (χ1) is 11.0. The predicted molar refractivity (Wildman–Crippen MR) is 108 cm³/mol. The monoisotopic (exact) mass is 467 g/mol. The highest BCUT2D eigenvalue weighted by Gasteiger charge is 2.27. The summed E-state index contributed by atoms with van der Waals surface area (Å²) in [4.78, 5) is 4.54. The Kier molecular flexibility index (Phi) is 8.82. The van der Waals surface area contributed by atoms with E-state index in [1.165, 1.54) is 0 Å². The lowest BCUT2D eigenvalue weighted by Gasteiger charge is -2.14. The van der Waals surface area contributed by atoms with Crippen molar-refractivity contribution in [1.29, 1.82) is 0 Å². The maximum atomic E-state index is 11.5. The number of methoxy groups -OCH3 is 1. The molecule has 1 atom stereocenters. The second-order valence-electron chi connectivity index (χ2n) is 5.69.